The molecule has 1 fully saturated rings. The molecule has 6 nitrogen and oxygen atoms in total. The molecule has 0 saturated carbocycles. The summed E-state index contributed by atoms with van der Waals surface area (Å²) in [7, 11) is 1.69. The first kappa shape index (κ1) is 24.5. The van der Waals surface area contributed by atoms with Gasteiger partial charge >= 0.3 is 0 Å². The van der Waals surface area contributed by atoms with Gasteiger partial charge in [0.25, 0.3) is 0 Å². The molecule has 1 N–H and O–H groups in total. The van der Waals surface area contributed by atoms with E-state index in [2.05, 4.69) is 33.1 Å². The molecule has 8 heteroatoms. The van der Waals surface area contributed by atoms with Crippen molar-refractivity contribution in [3.05, 3.63) is 28.7 Å². The number of benzene rings is 1. The van der Waals surface area contributed by atoms with E-state index in [0.717, 1.165) is 48.8 Å². The van der Waals surface area contributed by atoms with Crippen LogP contribution in [-0.2, 0) is 9.47 Å². The summed E-state index contributed by atoms with van der Waals surface area (Å²) in [4.78, 5) is 7.02. The van der Waals surface area contributed by atoms with Gasteiger partial charge < -0.3 is 24.4 Å². The lowest BCUT2D eigenvalue weighted by Crippen LogP contribution is -2.40. The van der Waals surface area contributed by atoms with Crippen LogP contribution in [0.25, 0.3) is 0 Å². The van der Waals surface area contributed by atoms with Crippen molar-refractivity contribution in [2.75, 3.05) is 59.7 Å². The van der Waals surface area contributed by atoms with Gasteiger partial charge in [-0.25, -0.2) is 4.99 Å². The molecule has 0 aromatic heterocycles. The highest BCUT2D eigenvalue weighted by Crippen LogP contribution is 2.17. The molecule has 1 aromatic rings. The lowest BCUT2D eigenvalue weighted by molar-refractivity contribution is 0.0536. The number of aliphatic imine (C=N–C) groups is 1. The van der Waals surface area contributed by atoms with Crippen LogP contribution in [0.2, 0.25) is 0 Å². The molecular formula is C19H31BrIN3O3. The Balaban J connectivity index is 0.00000364. The van der Waals surface area contributed by atoms with Crippen molar-refractivity contribution >= 4 is 45.9 Å². The lowest BCUT2D eigenvalue weighted by atomic mass is 10.1. The van der Waals surface area contributed by atoms with Crippen LogP contribution in [0.1, 0.15) is 13.3 Å². The van der Waals surface area contributed by atoms with Gasteiger partial charge in [0.1, 0.15) is 12.4 Å². The molecule has 0 aliphatic carbocycles. The Labute approximate surface area is 188 Å². The number of halogens is 2. The molecule has 1 atom stereocenters. The van der Waals surface area contributed by atoms with Gasteiger partial charge in [0.15, 0.2) is 5.96 Å². The number of likely N-dealkylation sites (tertiary alicyclic amines) is 1. The summed E-state index contributed by atoms with van der Waals surface area (Å²) in [6.45, 7) is 8.23. The Morgan fingerprint density at radius 3 is 2.74 bits per heavy atom. The molecule has 1 unspecified atom stereocenters. The average Bonchev–Trinajstić information content (AvgIpc) is 3.12. The van der Waals surface area contributed by atoms with Gasteiger partial charge in [-0.3, -0.25) is 0 Å². The van der Waals surface area contributed by atoms with E-state index in [4.69, 9.17) is 19.2 Å². The van der Waals surface area contributed by atoms with Crippen LogP contribution in [0.5, 0.6) is 5.75 Å². The minimum Gasteiger partial charge on any atom is -0.492 e. The Morgan fingerprint density at radius 2 is 2.04 bits per heavy atom. The van der Waals surface area contributed by atoms with Crippen molar-refractivity contribution in [2.24, 2.45) is 10.9 Å². The van der Waals surface area contributed by atoms with Crippen LogP contribution in [0.15, 0.2) is 33.7 Å². The predicted molar refractivity (Wildman–Crippen MR) is 123 cm³/mol. The summed E-state index contributed by atoms with van der Waals surface area (Å²) < 4.78 is 17.5. The van der Waals surface area contributed by atoms with E-state index in [-0.39, 0.29) is 24.0 Å². The smallest absolute Gasteiger partial charge is 0.194 e. The fourth-order valence-electron chi connectivity index (χ4n) is 2.83. The summed E-state index contributed by atoms with van der Waals surface area (Å²) in [5, 5.41) is 3.38. The van der Waals surface area contributed by atoms with Crippen molar-refractivity contribution < 1.29 is 14.2 Å². The van der Waals surface area contributed by atoms with Gasteiger partial charge in [-0.1, -0.05) is 15.9 Å². The van der Waals surface area contributed by atoms with E-state index < -0.39 is 0 Å². The lowest BCUT2D eigenvalue weighted by Gasteiger charge is -2.21. The fraction of sp³-hybridized carbons (Fsp3) is 0.632. The molecule has 0 spiro atoms. The molecule has 1 aliphatic heterocycles. The third-order valence-corrected chi connectivity index (χ3v) is 4.67. The normalized spacial score (nSPS) is 16.9. The van der Waals surface area contributed by atoms with Crippen LogP contribution >= 0.6 is 39.9 Å². The van der Waals surface area contributed by atoms with Crippen molar-refractivity contribution in [1.82, 2.24) is 10.2 Å². The Bertz CT molecular complexity index is 546. The second-order valence-electron chi connectivity index (χ2n) is 6.21. The van der Waals surface area contributed by atoms with Gasteiger partial charge in [0.2, 0.25) is 0 Å². The second-order valence-corrected chi connectivity index (χ2v) is 7.12. The van der Waals surface area contributed by atoms with E-state index in [1.165, 1.54) is 0 Å². The van der Waals surface area contributed by atoms with E-state index >= 15 is 0 Å². The van der Waals surface area contributed by atoms with Crippen LogP contribution < -0.4 is 10.1 Å². The monoisotopic (exact) mass is 555 g/mol. The first-order valence-corrected chi connectivity index (χ1v) is 10.0. The highest BCUT2D eigenvalue weighted by Gasteiger charge is 2.24. The van der Waals surface area contributed by atoms with E-state index in [0.29, 0.717) is 32.3 Å². The first-order valence-electron chi connectivity index (χ1n) is 9.21. The number of hydrogen-bond acceptors (Lipinski definition) is 4. The van der Waals surface area contributed by atoms with Crippen molar-refractivity contribution in [3.63, 3.8) is 0 Å². The topological polar surface area (TPSA) is 55.3 Å². The molecule has 0 bridgehead atoms. The van der Waals surface area contributed by atoms with Gasteiger partial charge in [0, 0.05) is 37.1 Å². The molecule has 27 heavy (non-hydrogen) atoms. The summed E-state index contributed by atoms with van der Waals surface area (Å²) in [6.07, 6.45) is 1.13. The van der Waals surface area contributed by atoms with Crippen LogP contribution in [0.4, 0.5) is 0 Å². The van der Waals surface area contributed by atoms with Crippen molar-refractivity contribution in [3.8, 4) is 5.75 Å². The number of rotatable bonds is 10. The fourth-order valence-corrected chi connectivity index (χ4v) is 3.09. The zero-order chi connectivity index (χ0) is 18.6. The Kier molecular flexibility index (Phi) is 13.1. The van der Waals surface area contributed by atoms with E-state index in [1.54, 1.807) is 7.11 Å². The molecule has 1 saturated heterocycles. The highest BCUT2D eigenvalue weighted by molar-refractivity contribution is 14.0. The molecule has 0 radical (unpaired) electrons. The molecule has 2 rings (SSSR count). The van der Waals surface area contributed by atoms with Crippen molar-refractivity contribution in [2.45, 2.75) is 13.3 Å². The molecule has 1 aliphatic rings. The molecule has 0 amide bonds. The largest absolute Gasteiger partial charge is 0.492 e. The number of hydrogen-bond donors (Lipinski definition) is 1. The maximum atomic E-state index is 5.74. The third kappa shape index (κ3) is 9.45. The summed E-state index contributed by atoms with van der Waals surface area (Å²) >= 11 is 3.42. The molecule has 1 aromatic carbocycles. The summed E-state index contributed by atoms with van der Waals surface area (Å²) in [5.74, 6) is 2.38. The number of nitrogens with zero attached hydrogens (tertiary/aromatic N) is 2. The zero-order valence-corrected chi connectivity index (χ0v) is 20.1. The minimum absolute atomic E-state index is 0. The maximum Gasteiger partial charge on any atom is 0.194 e. The number of nitrogens with one attached hydrogen (secondary N) is 1. The Hall–Kier alpha value is -0.580. The Morgan fingerprint density at radius 1 is 1.26 bits per heavy atom. The predicted octanol–water partition coefficient (Wildman–Crippen LogP) is 3.40. The van der Waals surface area contributed by atoms with Crippen molar-refractivity contribution in [1.29, 1.82) is 0 Å². The van der Waals surface area contributed by atoms with E-state index in [1.807, 2.05) is 24.3 Å². The quantitative estimate of drug-likeness (QED) is 0.207. The second kappa shape index (κ2) is 14.4. The number of guanidine groups is 1. The van der Waals surface area contributed by atoms with Crippen LogP contribution in [0, 0.1) is 5.92 Å². The van der Waals surface area contributed by atoms with Gasteiger partial charge in [-0.2, -0.15) is 0 Å². The summed E-state index contributed by atoms with van der Waals surface area (Å²) in [5.41, 5.74) is 0. The third-order valence-electron chi connectivity index (χ3n) is 4.14. The van der Waals surface area contributed by atoms with Crippen LogP contribution in [-0.4, -0.2) is 70.6 Å². The zero-order valence-electron chi connectivity index (χ0n) is 16.2. The van der Waals surface area contributed by atoms with Gasteiger partial charge in [-0.05, 0) is 37.6 Å². The van der Waals surface area contributed by atoms with E-state index in [9.17, 15) is 0 Å². The minimum atomic E-state index is 0. The van der Waals surface area contributed by atoms with Crippen LogP contribution in [0.3, 0.4) is 0 Å². The molecule has 1 heterocycles. The summed E-state index contributed by atoms with van der Waals surface area (Å²) in [6, 6.07) is 7.85. The first-order chi connectivity index (χ1) is 12.7. The van der Waals surface area contributed by atoms with Gasteiger partial charge in [0.05, 0.1) is 26.4 Å². The highest BCUT2D eigenvalue weighted by atomic mass is 127. The number of methoxy groups -OCH3 is 1. The number of ether oxygens (including phenoxy) is 3. The maximum absolute atomic E-state index is 5.74. The SMILES string of the molecule is CCNC(=NCCOc1ccc(Br)cc1)N1CCC(COCCOC)C1.I. The standard InChI is InChI=1S/C19H30BrN3O3.HI/c1-3-21-19(22-9-11-26-18-6-4-17(20)5-7-18)23-10-8-16(14-23)15-25-13-12-24-2;/h4-7,16H,3,8-15H2,1-2H3,(H,21,22);1H. The van der Waals surface area contributed by atoms with Gasteiger partial charge in [-0.15, -0.1) is 24.0 Å². The molecule has 154 valence electrons. The molecular weight excluding hydrogens is 525 g/mol. The average molecular weight is 556 g/mol.